The number of piperazine rings is 1. The summed E-state index contributed by atoms with van der Waals surface area (Å²) in [6, 6.07) is 23.7. The van der Waals surface area contributed by atoms with Crippen LogP contribution in [0.5, 0.6) is 5.75 Å². The van der Waals surface area contributed by atoms with Crippen molar-refractivity contribution >= 4 is 5.78 Å². The fourth-order valence-electron chi connectivity index (χ4n) is 4.94. The average Bonchev–Trinajstić information content (AvgIpc) is 2.84. The van der Waals surface area contributed by atoms with Crippen molar-refractivity contribution in [2.24, 2.45) is 0 Å². The second-order valence-corrected chi connectivity index (χ2v) is 9.27. The molecule has 0 unspecified atom stereocenters. The zero-order chi connectivity index (χ0) is 24.2. The largest absolute Gasteiger partial charge is 0.497 e. The van der Waals surface area contributed by atoms with E-state index in [0.29, 0.717) is 12.1 Å². The lowest BCUT2D eigenvalue weighted by atomic mass is 9.92. The van der Waals surface area contributed by atoms with E-state index in [1.54, 1.807) is 20.1 Å². The molecule has 1 saturated heterocycles. The standard InChI is InChI=1S/C29H33FN2O2/c1-20-18-32(21(2)17-31(20)19-26-8-5-6-11-28(26)30)29(25-9-7-10-27(16-25)34-4)24-14-12-23(13-15-24)22(3)33/h5-16,20-21,29H,17-19H2,1-4H3/t20-,21+,29+/m1/s1. The van der Waals surface area contributed by atoms with Crippen LogP contribution in [0.2, 0.25) is 0 Å². The van der Waals surface area contributed by atoms with Gasteiger partial charge in [0.15, 0.2) is 5.78 Å². The van der Waals surface area contributed by atoms with E-state index >= 15 is 0 Å². The molecule has 0 aliphatic carbocycles. The summed E-state index contributed by atoms with van der Waals surface area (Å²) in [5, 5.41) is 0. The number of ether oxygens (including phenoxy) is 1. The maximum absolute atomic E-state index is 14.3. The Morgan fingerprint density at radius 3 is 2.38 bits per heavy atom. The Balaban J connectivity index is 1.64. The van der Waals surface area contributed by atoms with Crippen molar-refractivity contribution in [1.29, 1.82) is 0 Å². The van der Waals surface area contributed by atoms with E-state index in [2.05, 4.69) is 47.9 Å². The highest BCUT2D eigenvalue weighted by molar-refractivity contribution is 5.94. The molecule has 1 fully saturated rings. The molecular formula is C29H33FN2O2. The predicted octanol–water partition coefficient (Wildman–Crippen LogP) is 5.72. The van der Waals surface area contributed by atoms with Gasteiger partial charge in [-0.05, 0) is 50.1 Å². The first-order chi connectivity index (χ1) is 16.4. The molecule has 3 aromatic rings. The van der Waals surface area contributed by atoms with Crippen LogP contribution < -0.4 is 4.74 Å². The number of nitrogens with zero attached hydrogens (tertiary/aromatic N) is 2. The first-order valence-corrected chi connectivity index (χ1v) is 11.9. The Hall–Kier alpha value is -3.02. The second kappa shape index (κ2) is 10.5. The van der Waals surface area contributed by atoms with Crippen molar-refractivity contribution in [3.63, 3.8) is 0 Å². The summed E-state index contributed by atoms with van der Waals surface area (Å²) in [6.45, 7) is 8.31. The summed E-state index contributed by atoms with van der Waals surface area (Å²) in [4.78, 5) is 16.7. The summed E-state index contributed by atoms with van der Waals surface area (Å²) in [5.74, 6) is 0.736. The maximum Gasteiger partial charge on any atom is 0.159 e. The van der Waals surface area contributed by atoms with Crippen molar-refractivity contribution in [1.82, 2.24) is 9.80 Å². The number of benzene rings is 3. The van der Waals surface area contributed by atoms with Crippen LogP contribution in [0.25, 0.3) is 0 Å². The SMILES string of the molecule is COc1cccc([C@H](c2ccc(C(C)=O)cc2)N2C[C@@H](C)N(Cc3ccccc3F)C[C@@H]2C)c1. The molecule has 0 spiro atoms. The highest BCUT2D eigenvalue weighted by atomic mass is 19.1. The average molecular weight is 461 g/mol. The molecule has 3 atom stereocenters. The van der Waals surface area contributed by atoms with Gasteiger partial charge in [0.1, 0.15) is 11.6 Å². The number of carbonyl (C=O) groups is 1. The highest BCUT2D eigenvalue weighted by Gasteiger charge is 2.35. The van der Waals surface area contributed by atoms with Crippen LogP contribution in [0.4, 0.5) is 4.39 Å². The van der Waals surface area contributed by atoms with Gasteiger partial charge in [0, 0.05) is 42.8 Å². The van der Waals surface area contributed by atoms with Crippen molar-refractivity contribution in [2.45, 2.75) is 45.4 Å². The number of hydrogen-bond donors (Lipinski definition) is 0. The number of halogens is 1. The molecule has 1 aliphatic heterocycles. The lowest BCUT2D eigenvalue weighted by molar-refractivity contribution is 0.0190. The summed E-state index contributed by atoms with van der Waals surface area (Å²) < 4.78 is 19.8. The van der Waals surface area contributed by atoms with Gasteiger partial charge in [-0.3, -0.25) is 14.6 Å². The van der Waals surface area contributed by atoms with Crippen LogP contribution in [0.15, 0.2) is 72.8 Å². The Labute approximate surface area is 202 Å². The third kappa shape index (κ3) is 5.21. The molecule has 0 aromatic heterocycles. The maximum atomic E-state index is 14.3. The van der Waals surface area contributed by atoms with Crippen molar-refractivity contribution in [3.8, 4) is 5.75 Å². The number of hydrogen-bond acceptors (Lipinski definition) is 4. The Morgan fingerprint density at radius 1 is 0.971 bits per heavy atom. The molecule has 1 heterocycles. The smallest absolute Gasteiger partial charge is 0.159 e. The minimum Gasteiger partial charge on any atom is -0.497 e. The molecular weight excluding hydrogens is 427 g/mol. The van der Waals surface area contributed by atoms with Gasteiger partial charge < -0.3 is 4.74 Å². The molecule has 5 heteroatoms. The Bertz CT molecular complexity index is 1130. The van der Waals surface area contributed by atoms with E-state index in [0.717, 1.165) is 35.5 Å². The van der Waals surface area contributed by atoms with E-state index in [1.807, 2.05) is 36.4 Å². The van der Waals surface area contributed by atoms with Crippen molar-refractivity contribution in [3.05, 3.63) is 101 Å². The third-order valence-electron chi connectivity index (χ3n) is 6.87. The molecule has 0 saturated carbocycles. The quantitative estimate of drug-likeness (QED) is 0.422. The van der Waals surface area contributed by atoms with E-state index in [4.69, 9.17) is 4.74 Å². The fourth-order valence-corrected chi connectivity index (χ4v) is 4.94. The summed E-state index contributed by atoms with van der Waals surface area (Å²) in [7, 11) is 1.68. The van der Waals surface area contributed by atoms with Gasteiger partial charge in [-0.1, -0.05) is 54.6 Å². The zero-order valence-electron chi connectivity index (χ0n) is 20.4. The van der Waals surface area contributed by atoms with Gasteiger partial charge >= 0.3 is 0 Å². The second-order valence-electron chi connectivity index (χ2n) is 9.27. The number of carbonyl (C=O) groups excluding carboxylic acids is 1. The van der Waals surface area contributed by atoms with E-state index in [1.165, 1.54) is 6.07 Å². The van der Waals surface area contributed by atoms with Gasteiger partial charge in [0.25, 0.3) is 0 Å². The van der Waals surface area contributed by atoms with Crippen LogP contribution in [-0.2, 0) is 6.54 Å². The molecule has 0 amide bonds. The number of ketones is 1. The molecule has 34 heavy (non-hydrogen) atoms. The topological polar surface area (TPSA) is 32.8 Å². The molecule has 0 bridgehead atoms. The Morgan fingerprint density at radius 2 is 1.71 bits per heavy atom. The highest BCUT2D eigenvalue weighted by Crippen LogP contribution is 2.35. The molecule has 178 valence electrons. The molecule has 0 N–H and O–H groups in total. The number of rotatable bonds is 7. The van der Waals surface area contributed by atoms with E-state index < -0.39 is 0 Å². The Kier molecular flexibility index (Phi) is 7.44. The summed E-state index contributed by atoms with van der Waals surface area (Å²) in [5.41, 5.74) is 3.74. The minimum absolute atomic E-state index is 0.0177. The van der Waals surface area contributed by atoms with Gasteiger partial charge in [-0.15, -0.1) is 0 Å². The normalized spacial score (nSPS) is 20.1. The van der Waals surface area contributed by atoms with Crippen LogP contribution in [0.1, 0.15) is 53.9 Å². The molecule has 1 aliphatic rings. The van der Waals surface area contributed by atoms with Crippen molar-refractivity contribution in [2.75, 3.05) is 20.2 Å². The summed E-state index contributed by atoms with van der Waals surface area (Å²) in [6.07, 6.45) is 0. The molecule has 4 rings (SSSR count). The molecule has 3 aromatic carbocycles. The van der Waals surface area contributed by atoms with Crippen LogP contribution in [0, 0.1) is 5.82 Å². The lowest BCUT2D eigenvalue weighted by Gasteiger charge is -2.47. The minimum atomic E-state index is -0.149. The third-order valence-corrected chi connectivity index (χ3v) is 6.87. The summed E-state index contributed by atoms with van der Waals surface area (Å²) >= 11 is 0. The lowest BCUT2D eigenvalue weighted by Crippen LogP contribution is -2.56. The van der Waals surface area contributed by atoms with Gasteiger partial charge in [-0.2, -0.15) is 0 Å². The fraction of sp³-hybridized carbons (Fsp3) is 0.345. The monoisotopic (exact) mass is 460 g/mol. The first kappa shape index (κ1) is 24.1. The van der Waals surface area contributed by atoms with Gasteiger partial charge in [-0.25, -0.2) is 4.39 Å². The van der Waals surface area contributed by atoms with Crippen molar-refractivity contribution < 1.29 is 13.9 Å². The first-order valence-electron chi connectivity index (χ1n) is 11.9. The van der Waals surface area contributed by atoms with Crippen LogP contribution in [0.3, 0.4) is 0 Å². The van der Waals surface area contributed by atoms with Gasteiger partial charge in [0.05, 0.1) is 13.2 Å². The molecule has 4 nitrogen and oxygen atoms in total. The number of methoxy groups -OCH3 is 1. The molecule has 0 radical (unpaired) electrons. The van der Waals surface area contributed by atoms with Crippen LogP contribution >= 0.6 is 0 Å². The zero-order valence-corrected chi connectivity index (χ0v) is 20.4. The van der Waals surface area contributed by atoms with E-state index in [9.17, 15) is 9.18 Å². The number of Topliss-reactive ketones (excluding diaryl/α,β-unsaturated/α-hetero) is 1. The van der Waals surface area contributed by atoms with Gasteiger partial charge in [0.2, 0.25) is 0 Å². The predicted molar refractivity (Wildman–Crippen MR) is 134 cm³/mol. The van der Waals surface area contributed by atoms with E-state index in [-0.39, 0.29) is 29.7 Å². The van der Waals surface area contributed by atoms with Crippen LogP contribution in [-0.4, -0.2) is 47.9 Å².